The van der Waals surface area contributed by atoms with Gasteiger partial charge in [0, 0.05) is 49.7 Å². The maximum Gasteiger partial charge on any atom is 0.341 e. The highest BCUT2D eigenvalue weighted by molar-refractivity contribution is 7.99. The molecule has 2 aliphatic rings. The van der Waals surface area contributed by atoms with Crippen LogP contribution in [0.2, 0.25) is 0 Å². The summed E-state index contributed by atoms with van der Waals surface area (Å²) in [6, 6.07) is 1.80. The first-order chi connectivity index (χ1) is 16.8. The van der Waals surface area contributed by atoms with Gasteiger partial charge in [0.25, 0.3) is 0 Å². The van der Waals surface area contributed by atoms with Crippen molar-refractivity contribution in [1.82, 2.24) is 19.4 Å². The van der Waals surface area contributed by atoms with Crippen molar-refractivity contribution < 1.29 is 14.7 Å². The van der Waals surface area contributed by atoms with E-state index in [4.69, 9.17) is 4.98 Å². The highest BCUT2D eigenvalue weighted by atomic mass is 32.2. The van der Waals surface area contributed by atoms with Gasteiger partial charge in [-0.05, 0) is 37.1 Å². The molecule has 1 atom stereocenters. The van der Waals surface area contributed by atoms with Gasteiger partial charge < -0.3 is 14.9 Å². The molecule has 5 rings (SSSR count). The first-order valence-corrected chi connectivity index (χ1v) is 13.6. The number of carbonyl (C=O) groups is 2. The van der Waals surface area contributed by atoms with Crippen molar-refractivity contribution in [3.05, 3.63) is 45.2 Å². The number of aryl methyl sites for hydroxylation is 1. The van der Waals surface area contributed by atoms with E-state index >= 15 is 0 Å². The summed E-state index contributed by atoms with van der Waals surface area (Å²) in [7, 11) is 1.89. The highest BCUT2D eigenvalue weighted by Gasteiger charge is 2.36. The Bertz CT molecular complexity index is 1330. The van der Waals surface area contributed by atoms with Gasteiger partial charge in [-0.3, -0.25) is 14.2 Å². The third-order valence-electron chi connectivity index (χ3n) is 6.68. The number of anilines is 1. The van der Waals surface area contributed by atoms with Crippen LogP contribution in [-0.2, 0) is 4.79 Å². The fourth-order valence-electron chi connectivity index (χ4n) is 4.75. The largest absolute Gasteiger partial charge is 0.477 e. The molecule has 35 heavy (non-hydrogen) atoms. The molecule has 0 bridgehead atoms. The SMILES string of the molecule is Cc1cc(N2CC(C(=O)N(C)CC3CCCCS3)C2)nc2c1c(=O)c(C(=O)O)cn2-c1nccs1. The predicted octanol–water partition coefficient (Wildman–Crippen LogP) is 3.03. The zero-order valence-corrected chi connectivity index (χ0v) is 21.3. The van der Waals surface area contributed by atoms with Crippen LogP contribution in [0.5, 0.6) is 0 Å². The van der Waals surface area contributed by atoms with Crippen LogP contribution in [0.1, 0.15) is 35.2 Å². The molecule has 11 heteroatoms. The van der Waals surface area contributed by atoms with Gasteiger partial charge in [0.2, 0.25) is 11.3 Å². The van der Waals surface area contributed by atoms with E-state index in [0.717, 1.165) is 6.54 Å². The minimum absolute atomic E-state index is 0.0815. The van der Waals surface area contributed by atoms with E-state index < -0.39 is 11.4 Å². The average Bonchev–Trinajstić information content (AvgIpc) is 3.33. The van der Waals surface area contributed by atoms with E-state index in [1.54, 1.807) is 29.1 Å². The van der Waals surface area contributed by atoms with Gasteiger partial charge in [-0.25, -0.2) is 14.8 Å². The molecule has 0 aliphatic carbocycles. The summed E-state index contributed by atoms with van der Waals surface area (Å²) in [5.41, 5.74) is 0.130. The Morgan fingerprint density at radius 3 is 2.74 bits per heavy atom. The van der Waals surface area contributed by atoms with Gasteiger partial charge in [-0.15, -0.1) is 11.3 Å². The molecule has 0 saturated carbocycles. The monoisotopic (exact) mass is 513 g/mol. The van der Waals surface area contributed by atoms with E-state index in [0.29, 0.717) is 40.5 Å². The second-order valence-corrected chi connectivity index (χ2v) is 11.4. The summed E-state index contributed by atoms with van der Waals surface area (Å²) >= 11 is 3.30. The number of carboxylic acids is 1. The van der Waals surface area contributed by atoms with Crippen LogP contribution in [0.4, 0.5) is 5.82 Å². The molecule has 3 aromatic heterocycles. The third kappa shape index (κ3) is 4.54. The smallest absolute Gasteiger partial charge is 0.341 e. The van der Waals surface area contributed by atoms with Crippen LogP contribution in [-0.4, -0.2) is 74.1 Å². The van der Waals surface area contributed by atoms with E-state index in [9.17, 15) is 19.5 Å². The van der Waals surface area contributed by atoms with Crippen molar-refractivity contribution in [2.24, 2.45) is 5.92 Å². The summed E-state index contributed by atoms with van der Waals surface area (Å²) in [5.74, 6) is 0.636. The molecule has 3 aromatic rings. The number of hydrogen-bond donors (Lipinski definition) is 1. The lowest BCUT2D eigenvalue weighted by atomic mass is 9.98. The fourth-order valence-corrected chi connectivity index (χ4v) is 6.74. The average molecular weight is 514 g/mol. The molecule has 1 N–H and O–H groups in total. The Balaban J connectivity index is 1.40. The van der Waals surface area contributed by atoms with Gasteiger partial charge in [-0.1, -0.05) is 6.42 Å². The lowest BCUT2D eigenvalue weighted by molar-refractivity contribution is -0.135. The zero-order chi connectivity index (χ0) is 24.7. The van der Waals surface area contributed by atoms with Gasteiger partial charge in [0.15, 0.2) is 10.8 Å². The van der Waals surface area contributed by atoms with E-state index in [1.807, 2.05) is 28.6 Å². The van der Waals surface area contributed by atoms with E-state index in [-0.39, 0.29) is 22.8 Å². The van der Waals surface area contributed by atoms with E-state index in [1.165, 1.54) is 42.5 Å². The van der Waals surface area contributed by atoms with Gasteiger partial charge in [-0.2, -0.15) is 11.8 Å². The Morgan fingerprint density at radius 2 is 2.09 bits per heavy atom. The molecule has 2 fully saturated rings. The summed E-state index contributed by atoms with van der Waals surface area (Å²) in [6.45, 7) is 3.70. The summed E-state index contributed by atoms with van der Waals surface area (Å²) in [5, 5.41) is 12.7. The summed E-state index contributed by atoms with van der Waals surface area (Å²) in [4.78, 5) is 50.6. The van der Waals surface area contributed by atoms with Crippen molar-refractivity contribution in [3.63, 3.8) is 0 Å². The second kappa shape index (κ2) is 9.62. The second-order valence-electron chi connectivity index (χ2n) is 9.17. The van der Waals surface area contributed by atoms with Crippen molar-refractivity contribution in [2.45, 2.75) is 31.4 Å². The van der Waals surface area contributed by atoms with Crippen LogP contribution in [0.3, 0.4) is 0 Å². The Kier molecular flexibility index (Phi) is 6.54. The third-order valence-corrected chi connectivity index (χ3v) is 8.83. The first kappa shape index (κ1) is 23.8. The minimum atomic E-state index is -1.29. The lowest BCUT2D eigenvalue weighted by Gasteiger charge is -2.41. The molecule has 2 saturated heterocycles. The Morgan fingerprint density at radius 1 is 1.29 bits per heavy atom. The molecule has 1 unspecified atom stereocenters. The summed E-state index contributed by atoms with van der Waals surface area (Å²) in [6.07, 6.45) is 6.59. The quantitative estimate of drug-likeness (QED) is 0.536. The summed E-state index contributed by atoms with van der Waals surface area (Å²) < 4.78 is 1.57. The van der Waals surface area contributed by atoms with Crippen molar-refractivity contribution >= 4 is 51.8 Å². The topological polar surface area (TPSA) is 109 Å². The normalized spacial score (nSPS) is 18.5. The Labute approximate surface area is 210 Å². The molecule has 0 radical (unpaired) electrons. The minimum Gasteiger partial charge on any atom is -0.477 e. The van der Waals surface area contributed by atoms with Gasteiger partial charge in [0.1, 0.15) is 11.4 Å². The number of carboxylic acid groups (broad SMARTS) is 1. The standard InChI is InChI=1S/C24H27N5O4S2/c1-14-9-18(28-10-15(11-28)22(31)27(2)12-16-5-3-4-7-34-16)26-21-19(14)20(30)17(23(32)33)13-29(21)24-25-6-8-35-24/h6,8-9,13,15-16H,3-5,7,10-12H2,1-2H3,(H,32,33). The molecule has 0 aromatic carbocycles. The molecule has 9 nitrogen and oxygen atoms in total. The first-order valence-electron chi connectivity index (χ1n) is 11.6. The number of carbonyl (C=O) groups excluding carboxylic acids is 1. The van der Waals surface area contributed by atoms with Crippen LogP contribution in [0, 0.1) is 12.8 Å². The molecule has 0 spiro atoms. The number of thioether (sulfide) groups is 1. The number of thiazole rings is 1. The maximum absolute atomic E-state index is 13.0. The fraction of sp³-hybridized carbons (Fsp3) is 0.458. The molecule has 1 amide bonds. The lowest BCUT2D eigenvalue weighted by Crippen LogP contribution is -2.55. The van der Waals surface area contributed by atoms with Gasteiger partial charge >= 0.3 is 5.97 Å². The molecular weight excluding hydrogens is 486 g/mol. The maximum atomic E-state index is 13.0. The van der Waals surface area contributed by atoms with Crippen molar-refractivity contribution in [1.29, 1.82) is 0 Å². The molecule has 5 heterocycles. The van der Waals surface area contributed by atoms with Gasteiger partial charge in [0.05, 0.1) is 11.3 Å². The molecule has 2 aliphatic heterocycles. The van der Waals surface area contributed by atoms with Crippen LogP contribution >= 0.6 is 23.1 Å². The predicted molar refractivity (Wildman–Crippen MR) is 138 cm³/mol. The van der Waals surface area contributed by atoms with Crippen molar-refractivity contribution in [2.75, 3.05) is 37.3 Å². The number of aromatic carboxylic acids is 1. The number of rotatable bonds is 6. The van der Waals surface area contributed by atoms with Crippen molar-refractivity contribution in [3.8, 4) is 5.13 Å². The Hall–Kier alpha value is -2.92. The number of nitrogens with zero attached hydrogens (tertiary/aromatic N) is 5. The van der Waals surface area contributed by atoms with Crippen LogP contribution in [0.25, 0.3) is 16.2 Å². The van der Waals surface area contributed by atoms with Crippen LogP contribution in [0.15, 0.2) is 28.6 Å². The number of aromatic nitrogens is 3. The van der Waals surface area contributed by atoms with Crippen LogP contribution < -0.4 is 10.3 Å². The number of pyridine rings is 2. The highest BCUT2D eigenvalue weighted by Crippen LogP contribution is 2.30. The zero-order valence-electron chi connectivity index (χ0n) is 19.6. The van der Waals surface area contributed by atoms with E-state index in [2.05, 4.69) is 4.98 Å². The number of amides is 1. The molecule has 184 valence electrons. The number of hydrogen-bond acceptors (Lipinski definition) is 8. The number of fused-ring (bicyclic) bond motifs is 1. The molecular formula is C24H27N5O4S2.